The van der Waals surface area contributed by atoms with Gasteiger partial charge in [-0.05, 0) is 31.0 Å². The van der Waals surface area contributed by atoms with Crippen molar-refractivity contribution in [3.8, 4) is 0 Å². The van der Waals surface area contributed by atoms with E-state index in [-0.39, 0.29) is 16.6 Å². The maximum atomic E-state index is 13.8. The molecule has 0 aliphatic rings. The number of nitrogens with one attached hydrogen (secondary N) is 1. The highest BCUT2D eigenvalue weighted by atomic mass is 35.5. The van der Waals surface area contributed by atoms with Gasteiger partial charge < -0.3 is 10.1 Å². The molecule has 6 heteroatoms. The zero-order chi connectivity index (χ0) is 19.1. The molecule has 0 fully saturated rings. The Morgan fingerprint density at radius 2 is 1.85 bits per heavy atom. The van der Waals surface area contributed by atoms with E-state index in [2.05, 4.69) is 5.32 Å². The summed E-state index contributed by atoms with van der Waals surface area (Å²) >= 11 is 5.85. The van der Waals surface area contributed by atoms with E-state index >= 15 is 0 Å². The van der Waals surface area contributed by atoms with Crippen molar-refractivity contribution < 1.29 is 18.7 Å². The van der Waals surface area contributed by atoms with Gasteiger partial charge in [0.25, 0.3) is 5.91 Å². The summed E-state index contributed by atoms with van der Waals surface area (Å²) in [4.78, 5) is 24.6. The van der Waals surface area contributed by atoms with Crippen molar-refractivity contribution in [2.45, 2.75) is 38.8 Å². The van der Waals surface area contributed by atoms with Crippen molar-refractivity contribution in [3.05, 3.63) is 70.5 Å². The van der Waals surface area contributed by atoms with Gasteiger partial charge in [-0.15, -0.1) is 0 Å². The summed E-state index contributed by atoms with van der Waals surface area (Å²) in [7, 11) is 0. The van der Waals surface area contributed by atoms with E-state index < -0.39 is 23.8 Å². The SMILES string of the molecule is CCCC(NC(=O)C(C)OC(=O)c1c(F)cccc1Cl)c1ccccc1. The number of halogens is 2. The third-order valence-electron chi connectivity index (χ3n) is 3.92. The standard InChI is InChI=1S/C20H21ClFNO3/c1-3-8-17(14-9-5-4-6-10-14)23-19(24)13(2)26-20(25)18-15(21)11-7-12-16(18)22/h4-7,9-13,17H,3,8H2,1-2H3,(H,23,24). The third-order valence-corrected chi connectivity index (χ3v) is 4.23. The molecule has 0 radical (unpaired) electrons. The van der Waals surface area contributed by atoms with Crippen molar-refractivity contribution in [2.24, 2.45) is 0 Å². The molecular formula is C20H21ClFNO3. The summed E-state index contributed by atoms with van der Waals surface area (Å²) in [5.41, 5.74) is 0.598. The van der Waals surface area contributed by atoms with Gasteiger partial charge in [0, 0.05) is 0 Å². The van der Waals surface area contributed by atoms with Crippen molar-refractivity contribution >= 4 is 23.5 Å². The molecule has 4 nitrogen and oxygen atoms in total. The van der Waals surface area contributed by atoms with E-state index in [1.54, 1.807) is 0 Å². The molecule has 0 spiro atoms. The third kappa shape index (κ3) is 5.05. The van der Waals surface area contributed by atoms with Crippen LogP contribution < -0.4 is 5.32 Å². The van der Waals surface area contributed by atoms with E-state index in [0.717, 1.165) is 24.5 Å². The molecule has 0 aliphatic heterocycles. The molecule has 0 heterocycles. The van der Waals surface area contributed by atoms with Gasteiger partial charge in [-0.3, -0.25) is 4.79 Å². The van der Waals surface area contributed by atoms with Crippen LogP contribution in [0.2, 0.25) is 5.02 Å². The average molecular weight is 378 g/mol. The first kappa shape index (κ1) is 19.9. The number of carbonyl (C=O) groups is 2. The maximum absolute atomic E-state index is 13.8. The number of esters is 1. The molecule has 138 valence electrons. The fourth-order valence-electron chi connectivity index (χ4n) is 2.55. The van der Waals surface area contributed by atoms with Crippen LogP contribution in [0.4, 0.5) is 4.39 Å². The van der Waals surface area contributed by atoms with Crippen LogP contribution in [-0.4, -0.2) is 18.0 Å². The quantitative estimate of drug-likeness (QED) is 0.712. The van der Waals surface area contributed by atoms with Crippen LogP contribution in [0.3, 0.4) is 0 Å². The fourth-order valence-corrected chi connectivity index (χ4v) is 2.79. The van der Waals surface area contributed by atoms with E-state index in [1.807, 2.05) is 37.3 Å². The Kier molecular flexibility index (Phi) is 7.16. The minimum Gasteiger partial charge on any atom is -0.449 e. The van der Waals surface area contributed by atoms with Gasteiger partial charge in [-0.1, -0.05) is 61.3 Å². The second kappa shape index (κ2) is 9.34. The number of amides is 1. The molecule has 0 aliphatic carbocycles. The van der Waals surface area contributed by atoms with Gasteiger partial charge >= 0.3 is 5.97 Å². The first-order chi connectivity index (χ1) is 12.4. The number of benzene rings is 2. The van der Waals surface area contributed by atoms with E-state index in [4.69, 9.17) is 16.3 Å². The summed E-state index contributed by atoms with van der Waals surface area (Å²) < 4.78 is 18.9. The Bertz CT molecular complexity index is 747. The molecule has 0 saturated heterocycles. The summed E-state index contributed by atoms with van der Waals surface area (Å²) in [6.07, 6.45) is 0.537. The largest absolute Gasteiger partial charge is 0.449 e. The summed E-state index contributed by atoms with van der Waals surface area (Å²) in [6.45, 7) is 3.46. The Morgan fingerprint density at radius 3 is 2.46 bits per heavy atom. The lowest BCUT2D eigenvalue weighted by molar-refractivity contribution is -0.129. The number of ether oxygens (including phenoxy) is 1. The zero-order valence-corrected chi connectivity index (χ0v) is 15.4. The summed E-state index contributed by atoms with van der Waals surface area (Å²) in [5, 5.41) is 2.82. The molecule has 0 saturated carbocycles. The second-order valence-electron chi connectivity index (χ2n) is 5.90. The van der Waals surface area contributed by atoms with Crippen LogP contribution in [0.1, 0.15) is 48.7 Å². The molecule has 2 rings (SSSR count). The predicted octanol–water partition coefficient (Wildman–Crippen LogP) is 4.68. The summed E-state index contributed by atoms with van der Waals surface area (Å²) in [6, 6.07) is 13.2. The number of hydrogen-bond acceptors (Lipinski definition) is 3. The van der Waals surface area contributed by atoms with E-state index in [0.29, 0.717) is 0 Å². The molecule has 26 heavy (non-hydrogen) atoms. The minimum absolute atomic E-state index is 0.0595. The first-order valence-electron chi connectivity index (χ1n) is 8.44. The molecular weight excluding hydrogens is 357 g/mol. The molecule has 2 unspecified atom stereocenters. The average Bonchev–Trinajstić information content (AvgIpc) is 2.61. The molecule has 2 aromatic carbocycles. The lowest BCUT2D eigenvalue weighted by Crippen LogP contribution is -2.38. The van der Waals surface area contributed by atoms with Crippen LogP contribution in [0.15, 0.2) is 48.5 Å². The van der Waals surface area contributed by atoms with Crippen LogP contribution in [0.5, 0.6) is 0 Å². The first-order valence-corrected chi connectivity index (χ1v) is 8.82. The van der Waals surface area contributed by atoms with Gasteiger partial charge in [-0.25, -0.2) is 9.18 Å². The Hall–Kier alpha value is -2.40. The highest BCUT2D eigenvalue weighted by molar-refractivity contribution is 6.33. The number of rotatable bonds is 7. The van der Waals surface area contributed by atoms with Crippen LogP contribution in [0, 0.1) is 5.82 Å². The van der Waals surface area contributed by atoms with Crippen molar-refractivity contribution in [2.75, 3.05) is 0 Å². The number of carbonyl (C=O) groups excluding carboxylic acids is 2. The number of hydrogen-bond donors (Lipinski definition) is 1. The molecule has 2 atom stereocenters. The fraction of sp³-hybridized carbons (Fsp3) is 0.300. The monoisotopic (exact) mass is 377 g/mol. The lowest BCUT2D eigenvalue weighted by Gasteiger charge is -2.21. The lowest BCUT2D eigenvalue weighted by atomic mass is 10.0. The highest BCUT2D eigenvalue weighted by Crippen LogP contribution is 2.21. The van der Waals surface area contributed by atoms with Gasteiger partial charge in [0.05, 0.1) is 11.1 Å². The summed E-state index contributed by atoms with van der Waals surface area (Å²) in [5.74, 6) is -2.21. The van der Waals surface area contributed by atoms with Gasteiger partial charge in [0.1, 0.15) is 11.4 Å². The predicted molar refractivity (Wildman–Crippen MR) is 98.5 cm³/mol. The molecule has 1 N–H and O–H groups in total. The zero-order valence-electron chi connectivity index (χ0n) is 14.7. The molecule has 1 amide bonds. The minimum atomic E-state index is -1.08. The maximum Gasteiger partial charge on any atom is 0.343 e. The van der Waals surface area contributed by atoms with Gasteiger partial charge in [0.2, 0.25) is 0 Å². The van der Waals surface area contributed by atoms with E-state index in [1.165, 1.54) is 19.1 Å². The van der Waals surface area contributed by atoms with Crippen LogP contribution in [0.25, 0.3) is 0 Å². The van der Waals surface area contributed by atoms with E-state index in [9.17, 15) is 14.0 Å². The second-order valence-corrected chi connectivity index (χ2v) is 6.31. The Morgan fingerprint density at radius 1 is 1.15 bits per heavy atom. The van der Waals surface area contributed by atoms with Crippen LogP contribution >= 0.6 is 11.6 Å². The van der Waals surface area contributed by atoms with Crippen LogP contribution in [-0.2, 0) is 9.53 Å². The van der Waals surface area contributed by atoms with Gasteiger partial charge in [-0.2, -0.15) is 0 Å². The normalized spacial score (nSPS) is 12.9. The molecule has 2 aromatic rings. The molecule has 0 bridgehead atoms. The van der Waals surface area contributed by atoms with Gasteiger partial charge in [0.15, 0.2) is 6.10 Å². The van der Waals surface area contributed by atoms with Crippen molar-refractivity contribution in [1.29, 1.82) is 0 Å². The topological polar surface area (TPSA) is 55.4 Å². The molecule has 0 aromatic heterocycles. The van der Waals surface area contributed by atoms with Crippen molar-refractivity contribution in [3.63, 3.8) is 0 Å². The Balaban J connectivity index is 2.05. The van der Waals surface area contributed by atoms with Crippen molar-refractivity contribution in [1.82, 2.24) is 5.32 Å². The Labute approximate surface area is 157 Å². The smallest absolute Gasteiger partial charge is 0.343 e. The highest BCUT2D eigenvalue weighted by Gasteiger charge is 2.25.